The lowest BCUT2D eigenvalue weighted by molar-refractivity contribution is -0.122. The second-order valence-corrected chi connectivity index (χ2v) is 7.84. The van der Waals surface area contributed by atoms with Crippen molar-refractivity contribution in [1.29, 1.82) is 0 Å². The van der Waals surface area contributed by atoms with Gasteiger partial charge in [0.15, 0.2) is 5.78 Å². The molecule has 1 heterocycles. The first-order valence-corrected chi connectivity index (χ1v) is 9.69. The number of carbonyl (C=O) groups excluding carboxylic acids is 3. The molecule has 1 aliphatic heterocycles. The minimum absolute atomic E-state index is 0.277. The lowest BCUT2D eigenvalue weighted by atomic mass is 10.1. The van der Waals surface area contributed by atoms with Gasteiger partial charge in [0.2, 0.25) is 0 Å². The molecular weight excluding hydrogens is 430 g/mol. The third-order valence-electron chi connectivity index (χ3n) is 4.07. The van der Waals surface area contributed by atoms with Gasteiger partial charge in [-0.15, -0.1) is 0 Å². The van der Waals surface area contributed by atoms with Crippen LogP contribution in [0.25, 0.3) is 6.08 Å². The number of halogens is 1. The summed E-state index contributed by atoms with van der Waals surface area (Å²) in [7, 11) is 1.58. The Kier molecular flexibility index (Phi) is 5.82. The molecule has 0 aromatic heterocycles. The minimum atomic E-state index is -0.463. The van der Waals surface area contributed by atoms with E-state index in [-0.39, 0.29) is 17.2 Å². The monoisotopic (exact) mass is 445 g/mol. The zero-order chi connectivity index (χ0) is 19.6. The van der Waals surface area contributed by atoms with Gasteiger partial charge in [0, 0.05) is 10.0 Å². The van der Waals surface area contributed by atoms with E-state index in [1.54, 1.807) is 43.5 Å². The molecule has 1 saturated heterocycles. The van der Waals surface area contributed by atoms with Crippen molar-refractivity contribution >= 4 is 50.7 Å². The van der Waals surface area contributed by atoms with Gasteiger partial charge >= 0.3 is 0 Å². The summed E-state index contributed by atoms with van der Waals surface area (Å²) in [5, 5.41) is -0.448. The van der Waals surface area contributed by atoms with Gasteiger partial charge in [-0.1, -0.05) is 40.2 Å². The highest BCUT2D eigenvalue weighted by atomic mass is 79.9. The van der Waals surface area contributed by atoms with Crippen molar-refractivity contribution in [3.63, 3.8) is 0 Å². The molecule has 1 aliphatic rings. The summed E-state index contributed by atoms with van der Waals surface area (Å²) in [5.74, 6) is -0.0496. The summed E-state index contributed by atoms with van der Waals surface area (Å²) in [5.41, 5.74) is 2.18. The van der Waals surface area contributed by atoms with Crippen LogP contribution in [-0.4, -0.2) is 35.5 Å². The number of rotatable bonds is 5. The number of aryl methyl sites for hydroxylation is 1. The van der Waals surface area contributed by atoms with Crippen molar-refractivity contribution in [2.45, 2.75) is 6.92 Å². The van der Waals surface area contributed by atoms with Gasteiger partial charge in [0.05, 0.1) is 18.6 Å². The summed E-state index contributed by atoms with van der Waals surface area (Å²) in [6, 6.07) is 12.3. The molecule has 0 aliphatic carbocycles. The van der Waals surface area contributed by atoms with Gasteiger partial charge < -0.3 is 4.74 Å². The van der Waals surface area contributed by atoms with Gasteiger partial charge in [-0.25, -0.2) is 0 Å². The molecule has 0 radical (unpaired) electrons. The van der Waals surface area contributed by atoms with Crippen LogP contribution >= 0.6 is 27.7 Å². The van der Waals surface area contributed by atoms with Crippen LogP contribution < -0.4 is 4.74 Å². The van der Waals surface area contributed by atoms with Crippen molar-refractivity contribution in [3.05, 3.63) is 68.5 Å². The topological polar surface area (TPSA) is 63.7 Å². The van der Waals surface area contributed by atoms with Gasteiger partial charge in [-0.05, 0) is 54.1 Å². The van der Waals surface area contributed by atoms with Crippen LogP contribution in [-0.2, 0) is 4.79 Å². The van der Waals surface area contributed by atoms with Gasteiger partial charge in [-0.2, -0.15) is 0 Å². The number of imide groups is 1. The fourth-order valence-corrected chi connectivity index (χ4v) is 3.69. The molecule has 3 rings (SSSR count). The molecule has 7 heteroatoms. The maximum atomic E-state index is 12.6. The normalized spacial score (nSPS) is 15.5. The number of carbonyl (C=O) groups is 3. The zero-order valence-electron chi connectivity index (χ0n) is 14.7. The Morgan fingerprint density at radius 3 is 2.56 bits per heavy atom. The third kappa shape index (κ3) is 4.31. The van der Waals surface area contributed by atoms with Crippen LogP contribution in [0.2, 0.25) is 0 Å². The third-order valence-corrected chi connectivity index (χ3v) is 5.51. The fourth-order valence-electron chi connectivity index (χ4n) is 2.58. The summed E-state index contributed by atoms with van der Waals surface area (Å²) in [4.78, 5) is 38.5. The van der Waals surface area contributed by atoms with Gasteiger partial charge in [-0.3, -0.25) is 19.3 Å². The Labute approximate surface area is 169 Å². The molecule has 0 atom stereocenters. The number of hydrogen-bond acceptors (Lipinski definition) is 5. The molecule has 0 N–H and O–H groups in total. The first kappa shape index (κ1) is 19.4. The van der Waals surface area contributed by atoms with E-state index in [0.29, 0.717) is 11.3 Å². The summed E-state index contributed by atoms with van der Waals surface area (Å²) in [6.07, 6.45) is 1.64. The SMILES string of the molecule is COc1cc(/C=C2/SC(=O)N(CC(=O)c3ccc(Br)cc3)C2=O)ccc1C. The summed E-state index contributed by atoms with van der Waals surface area (Å²) < 4.78 is 6.13. The van der Waals surface area contributed by atoms with Crippen LogP contribution in [0.4, 0.5) is 4.79 Å². The Morgan fingerprint density at radius 2 is 1.89 bits per heavy atom. The first-order chi connectivity index (χ1) is 12.9. The highest BCUT2D eigenvalue weighted by Crippen LogP contribution is 2.33. The standard InChI is InChI=1S/C20H16BrNO4S/c1-12-3-4-13(9-17(12)26-2)10-18-19(24)22(20(25)27-18)11-16(23)14-5-7-15(21)8-6-14/h3-10H,11H2,1-2H3/b18-10+. The van der Waals surface area contributed by atoms with E-state index in [1.165, 1.54) is 0 Å². The van der Waals surface area contributed by atoms with E-state index < -0.39 is 11.1 Å². The van der Waals surface area contributed by atoms with Gasteiger partial charge in [0.1, 0.15) is 5.75 Å². The molecule has 2 aromatic carbocycles. The number of methoxy groups -OCH3 is 1. The van der Waals surface area contributed by atoms with Crippen LogP contribution in [0.1, 0.15) is 21.5 Å². The van der Waals surface area contributed by atoms with Gasteiger partial charge in [0.25, 0.3) is 11.1 Å². The number of nitrogens with zero attached hydrogens (tertiary/aromatic N) is 1. The molecule has 0 unspecified atom stereocenters. The van der Waals surface area contributed by atoms with E-state index in [0.717, 1.165) is 32.3 Å². The lowest BCUT2D eigenvalue weighted by Gasteiger charge is -2.11. The van der Waals surface area contributed by atoms with E-state index in [4.69, 9.17) is 4.74 Å². The highest BCUT2D eigenvalue weighted by molar-refractivity contribution is 9.10. The number of hydrogen-bond donors (Lipinski definition) is 0. The Bertz CT molecular complexity index is 953. The smallest absolute Gasteiger partial charge is 0.293 e. The molecular formula is C20H16BrNO4S. The van der Waals surface area contributed by atoms with Crippen molar-refractivity contribution in [2.75, 3.05) is 13.7 Å². The first-order valence-electron chi connectivity index (χ1n) is 8.08. The number of Topliss-reactive ketones (excluding diaryl/α,β-unsaturated/α-hetero) is 1. The summed E-state index contributed by atoms with van der Waals surface area (Å²) in [6.45, 7) is 1.64. The van der Waals surface area contributed by atoms with Crippen molar-refractivity contribution in [2.24, 2.45) is 0 Å². The molecule has 5 nitrogen and oxygen atoms in total. The molecule has 0 bridgehead atoms. The fraction of sp³-hybridized carbons (Fsp3) is 0.150. The average Bonchev–Trinajstić information content (AvgIpc) is 2.91. The Balaban J connectivity index is 1.78. The van der Waals surface area contributed by atoms with Crippen molar-refractivity contribution < 1.29 is 19.1 Å². The zero-order valence-corrected chi connectivity index (χ0v) is 17.1. The molecule has 2 aromatic rings. The molecule has 138 valence electrons. The minimum Gasteiger partial charge on any atom is -0.496 e. The van der Waals surface area contributed by atoms with Crippen LogP contribution in [0.15, 0.2) is 51.8 Å². The number of ether oxygens (including phenoxy) is 1. The van der Waals surface area contributed by atoms with E-state index in [9.17, 15) is 14.4 Å². The average molecular weight is 446 g/mol. The van der Waals surface area contributed by atoms with E-state index in [2.05, 4.69) is 15.9 Å². The molecule has 27 heavy (non-hydrogen) atoms. The second kappa shape index (κ2) is 8.10. The Morgan fingerprint density at radius 1 is 1.19 bits per heavy atom. The molecule has 0 spiro atoms. The largest absolute Gasteiger partial charge is 0.496 e. The molecule has 1 fully saturated rings. The maximum Gasteiger partial charge on any atom is 0.293 e. The van der Waals surface area contributed by atoms with Crippen LogP contribution in [0, 0.1) is 6.92 Å². The van der Waals surface area contributed by atoms with Crippen molar-refractivity contribution in [1.82, 2.24) is 4.90 Å². The number of thioether (sulfide) groups is 1. The highest BCUT2D eigenvalue weighted by Gasteiger charge is 2.36. The molecule has 0 saturated carbocycles. The maximum absolute atomic E-state index is 12.6. The number of benzene rings is 2. The predicted molar refractivity (Wildman–Crippen MR) is 109 cm³/mol. The summed E-state index contributed by atoms with van der Waals surface area (Å²) >= 11 is 4.14. The van der Waals surface area contributed by atoms with Crippen molar-refractivity contribution in [3.8, 4) is 5.75 Å². The van der Waals surface area contributed by atoms with E-state index >= 15 is 0 Å². The predicted octanol–water partition coefficient (Wildman–Crippen LogP) is 4.69. The quantitative estimate of drug-likeness (QED) is 0.493. The van der Waals surface area contributed by atoms with E-state index in [1.807, 2.05) is 19.1 Å². The molecule has 2 amide bonds. The van der Waals surface area contributed by atoms with Crippen LogP contribution in [0.5, 0.6) is 5.75 Å². The number of amides is 2. The van der Waals surface area contributed by atoms with Crippen LogP contribution in [0.3, 0.4) is 0 Å². The second-order valence-electron chi connectivity index (χ2n) is 5.93. The Hall–Kier alpha value is -2.38. The number of ketones is 1. The lowest BCUT2D eigenvalue weighted by Crippen LogP contribution is -2.33.